The second-order valence-corrected chi connectivity index (χ2v) is 17.7. The standard InChI is InChI=1S/C34H18N2O2.C4H3N2.Bi.2Pt/c1-3-21-35-33(11-1)27-7-5-9-31(23-27)37-29-17-13-25(14-18-29)26-15-19-30(20-16-26)38-32-10-6-8-28(24-32)34-12-2-4-22-36-34;1-2-5-4-6-3-1;;;/h1-13,15,17,19,21-22H;1-3H;;;/q-4;;;2*+2. The van der Waals surface area contributed by atoms with E-state index in [0.29, 0.717) is 23.0 Å². The molecule has 0 bridgehead atoms. The average Bonchev–Trinajstić information content (AvgIpc) is 3.42. The summed E-state index contributed by atoms with van der Waals surface area (Å²) < 4.78 is 15.7. The van der Waals surface area contributed by atoms with E-state index in [1.165, 1.54) is 0 Å². The second-order valence-electron chi connectivity index (χ2n) is 10.0. The Balaban J connectivity index is 0.00000193. The van der Waals surface area contributed by atoms with E-state index in [4.69, 9.17) is 19.4 Å². The van der Waals surface area contributed by atoms with Gasteiger partial charge < -0.3 is 0 Å². The maximum absolute atomic E-state index is 6.31. The van der Waals surface area contributed by atoms with Gasteiger partial charge in [0.2, 0.25) is 0 Å². The topological polar surface area (TPSA) is 70.0 Å². The summed E-state index contributed by atoms with van der Waals surface area (Å²) >= 11 is -3.02. The second kappa shape index (κ2) is 14.9. The van der Waals surface area contributed by atoms with Gasteiger partial charge >= 0.3 is 312 Å². The van der Waals surface area contributed by atoms with Gasteiger partial charge in [-0.15, -0.1) is 0 Å². The van der Waals surface area contributed by atoms with E-state index in [2.05, 4.69) is 46.4 Å². The number of hydrogen-bond acceptors (Lipinski definition) is 6. The monoisotopic (exact) mass is 1160 g/mol. The van der Waals surface area contributed by atoms with E-state index < -0.39 is 21.8 Å². The summed E-state index contributed by atoms with van der Waals surface area (Å²) in [5, 5.41) is 0. The van der Waals surface area contributed by atoms with E-state index in [1.54, 1.807) is 24.8 Å². The molecule has 230 valence electrons. The first-order valence-electron chi connectivity index (χ1n) is 14.2. The predicted octanol–water partition coefficient (Wildman–Crippen LogP) is 5.88. The molecule has 47 heavy (non-hydrogen) atoms. The van der Waals surface area contributed by atoms with Gasteiger partial charge in [0.15, 0.2) is 0 Å². The zero-order chi connectivity index (χ0) is 30.0. The van der Waals surface area contributed by atoms with Gasteiger partial charge in [-0.05, 0) is 0 Å². The molecule has 4 heterocycles. The molecule has 1 aliphatic rings. The van der Waals surface area contributed by atoms with Crippen molar-refractivity contribution in [1.82, 2.24) is 19.9 Å². The molecule has 7 aromatic rings. The van der Waals surface area contributed by atoms with Crippen molar-refractivity contribution in [2.75, 3.05) is 0 Å². The first-order chi connectivity index (χ1) is 22.3. The van der Waals surface area contributed by atoms with Crippen LogP contribution in [0, 0.1) is 24.3 Å². The first-order valence-corrected chi connectivity index (χ1v) is 19.4. The number of aromatic nitrogens is 4. The quantitative estimate of drug-likeness (QED) is 0.147. The SMILES string of the molecule is [Pt+2].[Pt+2].[c-]1c(Oc2[c-][c]3c(cc2)-c2ccc(Oc4[c-]c(-c5ccccn5)ccc4)[c-][c]2[Bi]3[c]2ncccn2)cccc1-c1ccccn1. The fourth-order valence-electron chi connectivity index (χ4n) is 5.15. The average molecular weight is 1160 g/mol. The number of nitrogens with zero attached hydrogens (tertiary/aromatic N) is 4. The molecule has 0 saturated heterocycles. The van der Waals surface area contributed by atoms with Crippen LogP contribution in [0.3, 0.4) is 0 Å². The third kappa shape index (κ3) is 7.04. The molecule has 0 atom stereocenters. The molecule has 1 aliphatic heterocycles. The molecule has 8 rings (SSSR count). The Hall–Kier alpha value is -3.88. The van der Waals surface area contributed by atoms with E-state index in [-0.39, 0.29) is 42.1 Å². The molecule has 0 fully saturated rings. The molecule has 3 aromatic heterocycles. The zero-order valence-electron chi connectivity index (χ0n) is 24.3. The van der Waals surface area contributed by atoms with Crippen molar-refractivity contribution in [1.29, 1.82) is 0 Å². The summed E-state index contributed by atoms with van der Waals surface area (Å²) in [6.45, 7) is 0. The number of hydrogen-bond donors (Lipinski definition) is 0. The molecular formula is C38H21BiN4O2Pt2. The molecule has 0 saturated carbocycles. The molecule has 0 radical (unpaired) electrons. The van der Waals surface area contributed by atoms with E-state index in [1.807, 2.05) is 91.0 Å². The maximum atomic E-state index is 6.31. The normalized spacial score (nSPS) is 11.4. The number of pyridine rings is 2. The van der Waals surface area contributed by atoms with Crippen molar-refractivity contribution in [2.24, 2.45) is 0 Å². The van der Waals surface area contributed by atoms with E-state index in [0.717, 1.165) is 43.7 Å². The Morgan fingerprint density at radius 2 is 0.894 bits per heavy atom. The van der Waals surface area contributed by atoms with Gasteiger partial charge in [-0.2, -0.15) is 0 Å². The zero-order valence-corrected chi connectivity index (χ0v) is 32.3. The molecule has 4 aromatic carbocycles. The van der Waals surface area contributed by atoms with Crippen LogP contribution in [0.4, 0.5) is 0 Å². The minimum absolute atomic E-state index is 0. The summed E-state index contributed by atoms with van der Waals surface area (Å²) in [7, 11) is 0. The third-order valence-corrected chi connectivity index (χ3v) is 15.8. The molecule has 0 unspecified atom stereocenters. The van der Waals surface area contributed by atoms with Crippen LogP contribution in [0.1, 0.15) is 0 Å². The van der Waals surface area contributed by atoms with Gasteiger partial charge in [0.25, 0.3) is 0 Å². The summed E-state index contributed by atoms with van der Waals surface area (Å²) in [4.78, 5) is 18.3. The molecule has 9 heteroatoms. The van der Waals surface area contributed by atoms with Crippen molar-refractivity contribution in [3.63, 3.8) is 0 Å². The van der Waals surface area contributed by atoms with Crippen molar-refractivity contribution >= 4 is 31.8 Å². The number of fused-ring (bicyclic) bond motifs is 3. The Bertz CT molecular complexity index is 2000. The van der Waals surface area contributed by atoms with Crippen LogP contribution in [-0.4, -0.2) is 41.7 Å². The number of ether oxygens (including phenoxy) is 2. The molecule has 0 N–H and O–H groups in total. The molecule has 0 amide bonds. The Labute approximate surface area is 309 Å². The fourth-order valence-corrected chi connectivity index (χ4v) is 14.1. The number of rotatable bonds is 7. The van der Waals surface area contributed by atoms with Crippen LogP contribution in [0.5, 0.6) is 23.0 Å². The van der Waals surface area contributed by atoms with E-state index in [9.17, 15) is 0 Å². The summed E-state index contributed by atoms with van der Waals surface area (Å²) in [6.07, 6.45) is 7.14. The van der Waals surface area contributed by atoms with Crippen molar-refractivity contribution in [3.8, 4) is 56.6 Å². The van der Waals surface area contributed by atoms with Crippen LogP contribution >= 0.6 is 0 Å². The molecule has 0 aliphatic carbocycles. The Morgan fingerprint density at radius 1 is 0.426 bits per heavy atom. The van der Waals surface area contributed by atoms with Crippen molar-refractivity contribution in [3.05, 3.63) is 152 Å². The molecule has 0 spiro atoms. The molecule has 6 nitrogen and oxygen atoms in total. The predicted molar refractivity (Wildman–Crippen MR) is 173 cm³/mol. The van der Waals surface area contributed by atoms with Crippen LogP contribution in [0.2, 0.25) is 0 Å². The van der Waals surface area contributed by atoms with Gasteiger partial charge in [-0.25, -0.2) is 0 Å². The summed E-state index contributed by atoms with van der Waals surface area (Å²) in [5.74, 6) is 2.42. The van der Waals surface area contributed by atoms with Gasteiger partial charge in [0.05, 0.1) is 0 Å². The molecular weight excluding hydrogens is 1140 g/mol. The van der Waals surface area contributed by atoms with Crippen molar-refractivity contribution in [2.45, 2.75) is 0 Å². The van der Waals surface area contributed by atoms with Gasteiger partial charge in [0, 0.05) is 0 Å². The van der Waals surface area contributed by atoms with E-state index >= 15 is 0 Å². The van der Waals surface area contributed by atoms with Crippen LogP contribution in [0.25, 0.3) is 33.6 Å². The summed E-state index contributed by atoms with van der Waals surface area (Å²) in [6, 6.07) is 47.0. The van der Waals surface area contributed by atoms with Crippen LogP contribution in [0.15, 0.2) is 128 Å². The minimum atomic E-state index is -3.02. The Kier molecular flexibility index (Phi) is 10.5. The summed E-state index contributed by atoms with van der Waals surface area (Å²) in [5.41, 5.74) is 5.62. The third-order valence-electron chi connectivity index (χ3n) is 7.14. The number of benzene rings is 4. The van der Waals surface area contributed by atoms with Gasteiger partial charge in [-0.3, -0.25) is 0 Å². The van der Waals surface area contributed by atoms with Crippen molar-refractivity contribution < 1.29 is 51.6 Å². The first kappa shape index (κ1) is 33.0. The van der Waals surface area contributed by atoms with Crippen LogP contribution in [-0.2, 0) is 42.1 Å². The fraction of sp³-hybridized carbons (Fsp3) is 0. The van der Waals surface area contributed by atoms with Gasteiger partial charge in [-0.1, -0.05) is 0 Å². The van der Waals surface area contributed by atoms with Crippen LogP contribution < -0.4 is 19.5 Å². The van der Waals surface area contributed by atoms with Gasteiger partial charge in [0.1, 0.15) is 0 Å². The Morgan fingerprint density at radius 3 is 1.36 bits per heavy atom.